The predicted octanol–water partition coefficient (Wildman–Crippen LogP) is 3.10. The Balaban J connectivity index is 1.97. The third-order valence-electron chi connectivity index (χ3n) is 4.89. The Kier molecular flexibility index (Phi) is 3.53. The van der Waals surface area contributed by atoms with Crippen LogP contribution in [0.3, 0.4) is 0 Å². The molecule has 0 aromatic carbocycles. The van der Waals surface area contributed by atoms with E-state index in [0.717, 1.165) is 6.54 Å². The topological polar surface area (TPSA) is 6.48 Å². The summed E-state index contributed by atoms with van der Waals surface area (Å²) >= 11 is 0. The molecule has 98 valence electrons. The molecule has 0 amide bonds. The maximum atomic E-state index is 4.40. The van der Waals surface area contributed by atoms with Gasteiger partial charge in [-0.25, -0.2) is 0 Å². The molecule has 0 aromatic heterocycles. The van der Waals surface area contributed by atoms with Crippen molar-refractivity contribution in [2.45, 2.75) is 59.0 Å². The molecule has 0 bridgehead atoms. The minimum absolute atomic E-state index is 0.411. The molecular weight excluding hydrogens is 208 g/mol. The molecule has 1 aliphatic heterocycles. The second-order valence-electron chi connectivity index (χ2n) is 6.49. The van der Waals surface area contributed by atoms with E-state index in [1.165, 1.54) is 38.0 Å². The van der Waals surface area contributed by atoms with Gasteiger partial charge in [0.1, 0.15) is 0 Å². The number of rotatable bonds is 3. The molecule has 2 heteroatoms. The number of piperazine rings is 1. The van der Waals surface area contributed by atoms with Crippen molar-refractivity contribution >= 4 is 0 Å². The van der Waals surface area contributed by atoms with E-state index in [1.807, 2.05) is 0 Å². The third kappa shape index (κ3) is 2.37. The van der Waals surface area contributed by atoms with E-state index in [0.29, 0.717) is 17.5 Å². The van der Waals surface area contributed by atoms with Gasteiger partial charge >= 0.3 is 0 Å². The van der Waals surface area contributed by atoms with Gasteiger partial charge in [-0.2, -0.15) is 0 Å². The van der Waals surface area contributed by atoms with Gasteiger partial charge in [0.2, 0.25) is 0 Å². The molecule has 1 heterocycles. The molecule has 2 rings (SSSR count). The zero-order valence-corrected chi connectivity index (χ0v) is 12.0. The van der Waals surface area contributed by atoms with Crippen molar-refractivity contribution in [3.05, 3.63) is 12.3 Å². The molecule has 2 fully saturated rings. The van der Waals surface area contributed by atoms with Gasteiger partial charge in [0, 0.05) is 42.8 Å². The molecule has 1 atom stereocenters. The fraction of sp³-hybridized carbons (Fsp3) is 0.867. The summed E-state index contributed by atoms with van der Waals surface area (Å²) in [5, 5.41) is 0. The highest BCUT2D eigenvalue weighted by Gasteiger charge is 2.39. The third-order valence-corrected chi connectivity index (χ3v) is 4.89. The van der Waals surface area contributed by atoms with E-state index in [1.54, 1.807) is 0 Å². The molecule has 1 saturated heterocycles. The second-order valence-corrected chi connectivity index (χ2v) is 6.49. The van der Waals surface area contributed by atoms with Crippen LogP contribution in [0, 0.1) is 5.41 Å². The Morgan fingerprint density at radius 3 is 2.35 bits per heavy atom. The zero-order chi connectivity index (χ0) is 12.6. The van der Waals surface area contributed by atoms with Crippen molar-refractivity contribution in [2.24, 2.45) is 5.41 Å². The summed E-state index contributed by atoms with van der Waals surface area (Å²) in [5.41, 5.74) is 1.81. The molecule has 0 unspecified atom stereocenters. The Bertz CT molecular complexity index is 291. The second kappa shape index (κ2) is 4.64. The van der Waals surface area contributed by atoms with Crippen LogP contribution in [0.25, 0.3) is 0 Å². The van der Waals surface area contributed by atoms with Gasteiger partial charge in [-0.05, 0) is 33.6 Å². The van der Waals surface area contributed by atoms with Crippen LogP contribution in [-0.4, -0.2) is 41.5 Å². The quantitative estimate of drug-likeness (QED) is 0.743. The predicted molar refractivity (Wildman–Crippen MR) is 74.0 cm³/mol. The maximum absolute atomic E-state index is 4.40. The zero-order valence-electron chi connectivity index (χ0n) is 12.0. The molecule has 1 saturated carbocycles. The normalized spacial score (nSPS) is 29.2. The van der Waals surface area contributed by atoms with Gasteiger partial charge in [-0.15, -0.1) is 0 Å². The van der Waals surface area contributed by atoms with E-state index in [4.69, 9.17) is 0 Å². The molecule has 2 aliphatic rings. The highest BCUT2D eigenvalue weighted by atomic mass is 15.3. The molecule has 2 nitrogen and oxygen atoms in total. The van der Waals surface area contributed by atoms with E-state index in [9.17, 15) is 0 Å². The van der Waals surface area contributed by atoms with Crippen LogP contribution in [0.2, 0.25) is 0 Å². The monoisotopic (exact) mass is 236 g/mol. The molecule has 0 aromatic rings. The van der Waals surface area contributed by atoms with Crippen molar-refractivity contribution in [3.8, 4) is 0 Å². The molecule has 17 heavy (non-hydrogen) atoms. The summed E-state index contributed by atoms with van der Waals surface area (Å²) < 4.78 is 0. The molecule has 1 aliphatic carbocycles. The summed E-state index contributed by atoms with van der Waals surface area (Å²) in [7, 11) is 0. The highest BCUT2D eigenvalue weighted by Crippen LogP contribution is 2.47. The summed E-state index contributed by atoms with van der Waals surface area (Å²) in [6.07, 6.45) is 4.06. The van der Waals surface area contributed by atoms with E-state index >= 15 is 0 Å². The fourth-order valence-electron chi connectivity index (χ4n) is 3.20. The summed E-state index contributed by atoms with van der Waals surface area (Å²) in [4.78, 5) is 5.15. The van der Waals surface area contributed by atoms with Gasteiger partial charge in [0.15, 0.2) is 0 Å². The van der Waals surface area contributed by atoms with Gasteiger partial charge in [-0.1, -0.05) is 19.9 Å². The maximum Gasteiger partial charge on any atom is 0.0386 e. The molecule has 0 spiro atoms. The van der Waals surface area contributed by atoms with Crippen molar-refractivity contribution in [1.29, 1.82) is 0 Å². The Hall–Kier alpha value is -0.500. The number of nitrogens with zero attached hydrogens (tertiary/aromatic N) is 2. The molecular formula is C15H28N2. The largest absolute Gasteiger partial charge is 0.370 e. The van der Waals surface area contributed by atoms with Crippen molar-refractivity contribution in [1.82, 2.24) is 9.80 Å². The summed E-state index contributed by atoms with van der Waals surface area (Å²) in [6, 6.07) is 1.29. The summed E-state index contributed by atoms with van der Waals surface area (Å²) in [6.45, 7) is 17.3. The van der Waals surface area contributed by atoms with Gasteiger partial charge < -0.3 is 4.90 Å². The first kappa shape index (κ1) is 12.9. The Morgan fingerprint density at radius 2 is 1.94 bits per heavy atom. The van der Waals surface area contributed by atoms with Gasteiger partial charge in [0.05, 0.1) is 0 Å². The minimum Gasteiger partial charge on any atom is -0.370 e. The Morgan fingerprint density at radius 1 is 1.29 bits per heavy atom. The van der Waals surface area contributed by atoms with Crippen LogP contribution < -0.4 is 0 Å². The number of allylic oxidation sites excluding steroid dienone is 1. The van der Waals surface area contributed by atoms with Crippen LogP contribution in [0.1, 0.15) is 47.0 Å². The lowest BCUT2D eigenvalue weighted by molar-refractivity contribution is 0.0528. The average molecular weight is 236 g/mol. The van der Waals surface area contributed by atoms with Crippen molar-refractivity contribution in [3.63, 3.8) is 0 Å². The standard InChI is InChI=1S/C15H28N2/c1-12(2)16-9-10-17(13(3)11-16)14(4)15(5)7-6-8-15/h12-13H,4,6-11H2,1-3,5H3/t13-/m1/s1. The lowest BCUT2D eigenvalue weighted by Crippen LogP contribution is -2.55. The molecule has 0 N–H and O–H groups in total. The SMILES string of the molecule is C=C(N1CCN(C(C)C)C[C@H]1C)C1(C)CCC1. The van der Waals surface area contributed by atoms with Gasteiger partial charge in [0.25, 0.3) is 0 Å². The van der Waals surface area contributed by atoms with E-state index in [2.05, 4.69) is 44.1 Å². The fourth-order valence-corrected chi connectivity index (χ4v) is 3.20. The lowest BCUT2D eigenvalue weighted by atomic mass is 9.68. The van der Waals surface area contributed by atoms with Crippen LogP contribution in [0.4, 0.5) is 0 Å². The van der Waals surface area contributed by atoms with Crippen LogP contribution in [0.5, 0.6) is 0 Å². The van der Waals surface area contributed by atoms with Crippen molar-refractivity contribution < 1.29 is 0 Å². The Labute approximate surface area is 107 Å². The van der Waals surface area contributed by atoms with Crippen LogP contribution >= 0.6 is 0 Å². The molecule has 0 radical (unpaired) electrons. The first-order valence-electron chi connectivity index (χ1n) is 7.14. The van der Waals surface area contributed by atoms with Crippen LogP contribution in [-0.2, 0) is 0 Å². The van der Waals surface area contributed by atoms with E-state index in [-0.39, 0.29) is 0 Å². The van der Waals surface area contributed by atoms with E-state index < -0.39 is 0 Å². The number of hydrogen-bond donors (Lipinski definition) is 0. The average Bonchev–Trinajstić information content (AvgIpc) is 2.24. The lowest BCUT2D eigenvalue weighted by Gasteiger charge is -2.50. The first-order chi connectivity index (χ1) is 7.94. The summed E-state index contributed by atoms with van der Waals surface area (Å²) in [5.74, 6) is 0. The van der Waals surface area contributed by atoms with Crippen molar-refractivity contribution in [2.75, 3.05) is 19.6 Å². The highest BCUT2D eigenvalue weighted by molar-refractivity contribution is 5.14. The smallest absolute Gasteiger partial charge is 0.0386 e. The number of hydrogen-bond acceptors (Lipinski definition) is 2. The van der Waals surface area contributed by atoms with Crippen LogP contribution in [0.15, 0.2) is 12.3 Å². The minimum atomic E-state index is 0.411. The first-order valence-corrected chi connectivity index (χ1v) is 7.14. The van der Waals surface area contributed by atoms with Gasteiger partial charge in [-0.3, -0.25) is 4.90 Å².